The van der Waals surface area contributed by atoms with Gasteiger partial charge in [-0.1, -0.05) is 23.8 Å². The summed E-state index contributed by atoms with van der Waals surface area (Å²) in [5, 5.41) is 9.73. The maximum absolute atomic E-state index is 11.6. The second-order valence-corrected chi connectivity index (χ2v) is 5.42. The highest BCUT2D eigenvalue weighted by molar-refractivity contribution is 5.99. The maximum Gasteiger partial charge on any atom is 0.162 e. The number of rotatable bonds is 3. The van der Waals surface area contributed by atoms with E-state index in [0.717, 1.165) is 22.3 Å². The molecule has 0 radical (unpaired) electrons. The Bertz CT molecular complexity index is 890. The summed E-state index contributed by atoms with van der Waals surface area (Å²) in [6, 6.07) is 13.4. The number of ketones is 1. The Morgan fingerprint density at radius 2 is 1.82 bits per heavy atom. The van der Waals surface area contributed by atoms with Gasteiger partial charge in [-0.2, -0.15) is 0 Å². The first kappa shape index (κ1) is 14.2. The molecule has 0 aliphatic carbocycles. The normalized spacial score (nSPS) is 11.4. The Balaban J connectivity index is 2.09. The molecule has 4 heteroatoms. The van der Waals surface area contributed by atoms with Crippen molar-refractivity contribution in [1.82, 2.24) is 4.98 Å². The number of hydrogen-bond acceptors (Lipinski definition) is 3. The monoisotopic (exact) mass is 291 g/mol. The Hall–Kier alpha value is -2.75. The van der Waals surface area contributed by atoms with Crippen LogP contribution in [0.25, 0.3) is 10.9 Å². The van der Waals surface area contributed by atoms with Gasteiger partial charge in [0.25, 0.3) is 0 Å². The summed E-state index contributed by atoms with van der Waals surface area (Å²) in [7, 11) is 0. The van der Waals surface area contributed by atoms with Crippen LogP contribution in [0.3, 0.4) is 0 Å². The lowest BCUT2D eigenvalue weighted by molar-refractivity contribution is 0.101. The predicted molar refractivity (Wildman–Crippen MR) is 88.4 cm³/mol. The second-order valence-electron chi connectivity index (χ2n) is 5.42. The summed E-state index contributed by atoms with van der Waals surface area (Å²) < 4.78 is 0. The minimum atomic E-state index is -0.0129. The topological polar surface area (TPSA) is 57.6 Å². The molecule has 22 heavy (non-hydrogen) atoms. The smallest absolute Gasteiger partial charge is 0.162 e. The van der Waals surface area contributed by atoms with Crippen molar-refractivity contribution in [3.8, 4) is 0 Å². The first-order valence-corrected chi connectivity index (χ1v) is 7.17. The molecule has 3 aromatic rings. The molecular weight excluding hydrogens is 274 g/mol. The molecule has 0 unspecified atom stereocenters. The fourth-order valence-corrected chi connectivity index (χ4v) is 2.52. The number of Topliss-reactive ketones (excluding diaryl/α,β-unsaturated/α-hetero) is 1. The summed E-state index contributed by atoms with van der Waals surface area (Å²) >= 11 is 0. The van der Waals surface area contributed by atoms with Gasteiger partial charge in [0.2, 0.25) is 0 Å². The highest BCUT2D eigenvalue weighted by Crippen LogP contribution is 2.32. The molecule has 0 atom stereocenters. The average molecular weight is 291 g/mol. The minimum Gasteiger partial charge on any atom is -0.357 e. The van der Waals surface area contributed by atoms with Gasteiger partial charge in [-0.15, -0.1) is 10.2 Å². The summed E-state index contributed by atoms with van der Waals surface area (Å²) in [5.74, 6) is -0.0129. The van der Waals surface area contributed by atoms with Crippen molar-refractivity contribution in [2.24, 2.45) is 10.2 Å². The van der Waals surface area contributed by atoms with Crippen LogP contribution in [-0.2, 0) is 0 Å². The van der Waals surface area contributed by atoms with E-state index in [9.17, 15) is 4.79 Å². The summed E-state index contributed by atoms with van der Waals surface area (Å²) in [5.41, 5.74) is 5.17. The number of carbonyl (C=O) groups excluding carboxylic acids is 1. The third-order valence-electron chi connectivity index (χ3n) is 3.65. The maximum atomic E-state index is 11.6. The van der Waals surface area contributed by atoms with Crippen LogP contribution in [0.15, 0.2) is 52.7 Å². The highest BCUT2D eigenvalue weighted by atomic mass is 16.1. The van der Waals surface area contributed by atoms with Crippen molar-refractivity contribution in [3.05, 3.63) is 59.3 Å². The van der Waals surface area contributed by atoms with Crippen LogP contribution in [0.1, 0.15) is 28.5 Å². The lowest BCUT2D eigenvalue weighted by atomic mass is 10.1. The molecule has 1 aromatic heterocycles. The van der Waals surface area contributed by atoms with Gasteiger partial charge in [-0.05, 0) is 45.0 Å². The summed E-state index contributed by atoms with van der Waals surface area (Å²) in [6.45, 7) is 5.56. The zero-order valence-electron chi connectivity index (χ0n) is 12.8. The Labute approximate surface area is 128 Å². The molecule has 0 bridgehead atoms. The van der Waals surface area contributed by atoms with Gasteiger partial charge in [-0.25, -0.2) is 0 Å². The molecule has 4 nitrogen and oxygen atoms in total. The van der Waals surface area contributed by atoms with Gasteiger partial charge >= 0.3 is 0 Å². The van der Waals surface area contributed by atoms with E-state index in [4.69, 9.17) is 0 Å². The van der Waals surface area contributed by atoms with E-state index in [0.29, 0.717) is 11.3 Å². The molecule has 0 fully saturated rings. The Morgan fingerprint density at radius 1 is 1.05 bits per heavy atom. The van der Waals surface area contributed by atoms with Crippen molar-refractivity contribution >= 4 is 28.1 Å². The molecule has 0 spiro atoms. The van der Waals surface area contributed by atoms with E-state index < -0.39 is 0 Å². The van der Waals surface area contributed by atoms with E-state index in [1.54, 1.807) is 12.1 Å². The number of nitrogens with one attached hydrogen (secondary N) is 1. The number of aryl methyl sites for hydroxylation is 2. The largest absolute Gasteiger partial charge is 0.357 e. The van der Waals surface area contributed by atoms with Gasteiger partial charge < -0.3 is 4.98 Å². The van der Waals surface area contributed by atoms with Crippen molar-refractivity contribution < 1.29 is 4.79 Å². The standard InChI is InChI=1S/C18H17N3O/c1-11-8-9-16-15(10-11)18(12(2)19-16)21-20-17-7-5-4-6-14(17)13(3)22/h4-10,19H,1-3H3. The summed E-state index contributed by atoms with van der Waals surface area (Å²) in [4.78, 5) is 15.0. The first-order valence-electron chi connectivity index (χ1n) is 7.17. The number of carbonyl (C=O) groups is 1. The van der Waals surface area contributed by atoms with E-state index in [1.807, 2.05) is 32.0 Å². The average Bonchev–Trinajstić information content (AvgIpc) is 2.80. The number of aromatic nitrogens is 1. The van der Waals surface area contributed by atoms with Crippen molar-refractivity contribution in [2.45, 2.75) is 20.8 Å². The van der Waals surface area contributed by atoms with E-state index in [2.05, 4.69) is 27.3 Å². The first-order chi connectivity index (χ1) is 10.6. The number of H-pyrrole nitrogens is 1. The fourth-order valence-electron chi connectivity index (χ4n) is 2.52. The number of benzene rings is 2. The van der Waals surface area contributed by atoms with Gasteiger partial charge in [0.05, 0.1) is 5.69 Å². The number of fused-ring (bicyclic) bond motifs is 1. The SMILES string of the molecule is CC(=O)c1ccccc1N=Nc1c(C)[nH]c2ccc(C)cc12. The molecule has 0 saturated carbocycles. The van der Waals surface area contributed by atoms with Crippen LogP contribution >= 0.6 is 0 Å². The molecule has 0 amide bonds. The molecule has 1 heterocycles. The van der Waals surface area contributed by atoms with Gasteiger partial charge in [0, 0.05) is 22.2 Å². The predicted octanol–water partition coefficient (Wildman–Crippen LogP) is 5.40. The third kappa shape index (κ3) is 2.55. The molecule has 0 aliphatic rings. The van der Waals surface area contributed by atoms with E-state index in [-0.39, 0.29) is 5.78 Å². The Morgan fingerprint density at radius 3 is 2.59 bits per heavy atom. The van der Waals surface area contributed by atoms with Crippen LogP contribution in [-0.4, -0.2) is 10.8 Å². The van der Waals surface area contributed by atoms with Gasteiger partial charge in [0.1, 0.15) is 5.69 Å². The fraction of sp³-hybridized carbons (Fsp3) is 0.167. The molecular formula is C18H17N3O. The van der Waals surface area contributed by atoms with Gasteiger partial charge in [-0.3, -0.25) is 4.79 Å². The van der Waals surface area contributed by atoms with Crippen LogP contribution < -0.4 is 0 Å². The number of hydrogen-bond donors (Lipinski definition) is 1. The number of azo groups is 1. The lowest BCUT2D eigenvalue weighted by Crippen LogP contribution is -1.91. The van der Waals surface area contributed by atoms with Crippen LogP contribution in [0.5, 0.6) is 0 Å². The van der Waals surface area contributed by atoms with E-state index >= 15 is 0 Å². The quantitative estimate of drug-likeness (QED) is 0.509. The molecule has 3 rings (SSSR count). The number of aromatic amines is 1. The van der Waals surface area contributed by atoms with Crippen molar-refractivity contribution in [2.75, 3.05) is 0 Å². The zero-order valence-corrected chi connectivity index (χ0v) is 12.8. The molecule has 110 valence electrons. The third-order valence-corrected chi connectivity index (χ3v) is 3.65. The highest BCUT2D eigenvalue weighted by Gasteiger charge is 2.09. The molecule has 0 aliphatic heterocycles. The summed E-state index contributed by atoms with van der Waals surface area (Å²) in [6.07, 6.45) is 0. The van der Waals surface area contributed by atoms with Crippen LogP contribution in [0, 0.1) is 13.8 Å². The lowest BCUT2D eigenvalue weighted by Gasteiger charge is -2.00. The molecule has 1 N–H and O–H groups in total. The van der Waals surface area contributed by atoms with Gasteiger partial charge in [0.15, 0.2) is 5.78 Å². The second kappa shape index (κ2) is 5.56. The van der Waals surface area contributed by atoms with Crippen LogP contribution in [0.4, 0.5) is 11.4 Å². The van der Waals surface area contributed by atoms with Crippen molar-refractivity contribution in [1.29, 1.82) is 0 Å². The Kier molecular flexibility index (Phi) is 3.59. The van der Waals surface area contributed by atoms with E-state index in [1.165, 1.54) is 12.5 Å². The zero-order chi connectivity index (χ0) is 15.7. The molecule has 2 aromatic carbocycles. The van der Waals surface area contributed by atoms with Crippen molar-refractivity contribution in [3.63, 3.8) is 0 Å². The minimum absolute atomic E-state index is 0.0129. The number of nitrogens with zero attached hydrogens (tertiary/aromatic N) is 2. The van der Waals surface area contributed by atoms with Crippen LogP contribution in [0.2, 0.25) is 0 Å². The molecule has 0 saturated heterocycles.